The Hall–Kier alpha value is -1.52. The van der Waals surface area contributed by atoms with Crippen molar-refractivity contribution in [2.24, 2.45) is 20.4 Å². The fourth-order valence-corrected chi connectivity index (χ4v) is 1.24. The highest BCUT2D eigenvalue weighted by atomic mass is 16.1. The van der Waals surface area contributed by atoms with Crippen LogP contribution in [0.5, 0.6) is 0 Å². The molecule has 0 aromatic heterocycles. The number of fused-ring (bicyclic) bond motifs is 1. The number of hydrogen-bond donors (Lipinski definition) is 1. The van der Waals surface area contributed by atoms with Crippen LogP contribution >= 0.6 is 0 Å². The van der Waals surface area contributed by atoms with E-state index in [1.54, 1.807) is 0 Å². The zero-order valence-corrected chi connectivity index (χ0v) is 8.40. The monoisotopic (exact) mass is 192 g/mol. The minimum Gasteiger partial charge on any atom is -0.333 e. The van der Waals surface area contributed by atoms with Gasteiger partial charge in [0.25, 0.3) is 5.91 Å². The molecular formula is C9H12N4O. The van der Waals surface area contributed by atoms with Gasteiger partial charge in [0.05, 0.1) is 6.34 Å². The van der Waals surface area contributed by atoms with Crippen molar-refractivity contribution in [3.05, 3.63) is 0 Å². The maximum atomic E-state index is 11.5. The van der Waals surface area contributed by atoms with Crippen LogP contribution in [0.15, 0.2) is 15.0 Å². The van der Waals surface area contributed by atoms with Crippen molar-refractivity contribution in [2.45, 2.75) is 26.8 Å². The number of carbonyl (C=O) groups excluding carboxylic acids is 1. The van der Waals surface area contributed by atoms with Crippen molar-refractivity contribution in [3.63, 3.8) is 0 Å². The largest absolute Gasteiger partial charge is 0.333 e. The lowest BCUT2D eigenvalue weighted by Crippen LogP contribution is -2.38. The minimum atomic E-state index is -0.527. The molecule has 2 rings (SSSR count). The number of amides is 1. The molecule has 0 bridgehead atoms. The van der Waals surface area contributed by atoms with Crippen molar-refractivity contribution in [2.75, 3.05) is 0 Å². The number of amidine groups is 2. The molecule has 0 fully saturated rings. The maximum Gasteiger partial charge on any atom is 0.280 e. The molecule has 2 heterocycles. The number of nitrogens with one attached hydrogen (secondary N) is 1. The van der Waals surface area contributed by atoms with Gasteiger partial charge in [0.2, 0.25) is 0 Å². The topological polar surface area (TPSA) is 66.2 Å². The molecule has 0 aliphatic carbocycles. The van der Waals surface area contributed by atoms with E-state index in [4.69, 9.17) is 0 Å². The van der Waals surface area contributed by atoms with E-state index in [0.29, 0.717) is 11.7 Å². The second-order valence-corrected chi connectivity index (χ2v) is 4.35. The lowest BCUT2D eigenvalue weighted by Gasteiger charge is -2.21. The van der Waals surface area contributed by atoms with E-state index in [1.807, 2.05) is 20.8 Å². The molecule has 0 saturated carbocycles. The molecule has 0 saturated heterocycles. The van der Waals surface area contributed by atoms with E-state index in [0.717, 1.165) is 0 Å². The van der Waals surface area contributed by atoms with Crippen molar-refractivity contribution in [1.82, 2.24) is 5.32 Å². The maximum absolute atomic E-state index is 11.5. The quantitative estimate of drug-likeness (QED) is 0.602. The van der Waals surface area contributed by atoms with Crippen molar-refractivity contribution >= 4 is 23.9 Å². The van der Waals surface area contributed by atoms with Gasteiger partial charge in [-0.15, -0.1) is 0 Å². The third-order valence-electron chi connectivity index (χ3n) is 2.04. The summed E-state index contributed by atoms with van der Waals surface area (Å²) in [6.45, 7) is 5.91. The summed E-state index contributed by atoms with van der Waals surface area (Å²) in [5.74, 6) is 0.919. The van der Waals surface area contributed by atoms with E-state index in [1.165, 1.54) is 6.34 Å². The fraction of sp³-hybridized carbons (Fsp3) is 0.556. The van der Waals surface area contributed by atoms with Gasteiger partial charge in [-0.3, -0.25) is 9.79 Å². The van der Waals surface area contributed by atoms with Crippen LogP contribution in [0, 0.1) is 5.41 Å². The molecule has 1 atom stereocenters. The summed E-state index contributed by atoms with van der Waals surface area (Å²) in [5.41, 5.74) is -0.210. The van der Waals surface area contributed by atoms with Gasteiger partial charge in [-0.2, -0.15) is 4.99 Å². The van der Waals surface area contributed by atoms with Crippen LogP contribution in [0.3, 0.4) is 0 Å². The van der Waals surface area contributed by atoms with Crippen LogP contribution in [0.25, 0.3) is 0 Å². The molecule has 14 heavy (non-hydrogen) atoms. The number of hydrogen-bond acceptors (Lipinski definition) is 4. The van der Waals surface area contributed by atoms with Gasteiger partial charge in [0, 0.05) is 5.41 Å². The summed E-state index contributed by atoms with van der Waals surface area (Å²) < 4.78 is 0. The Balaban J connectivity index is 2.37. The van der Waals surface area contributed by atoms with Crippen LogP contribution in [-0.4, -0.2) is 30.0 Å². The molecule has 5 heteroatoms. The molecule has 0 aromatic rings. The third kappa shape index (κ3) is 1.34. The Bertz CT molecular complexity index is 373. The molecule has 1 unspecified atom stereocenters. The molecule has 0 spiro atoms. The molecule has 5 nitrogen and oxygen atoms in total. The average molecular weight is 192 g/mol. The number of aliphatic imine (C=N–C) groups is 3. The summed E-state index contributed by atoms with van der Waals surface area (Å²) in [5, 5.41) is 2.85. The zero-order valence-electron chi connectivity index (χ0n) is 8.40. The predicted octanol–water partition coefficient (Wildman–Crippen LogP) is 0.370. The Morgan fingerprint density at radius 3 is 2.71 bits per heavy atom. The van der Waals surface area contributed by atoms with Gasteiger partial charge in [0.15, 0.2) is 6.04 Å². The zero-order chi connectivity index (χ0) is 10.3. The molecule has 1 N–H and O–H groups in total. The van der Waals surface area contributed by atoms with Crippen molar-refractivity contribution in [1.29, 1.82) is 0 Å². The van der Waals surface area contributed by atoms with Crippen molar-refractivity contribution in [3.8, 4) is 0 Å². The second kappa shape index (κ2) is 2.73. The molecule has 0 radical (unpaired) electrons. The molecular weight excluding hydrogens is 180 g/mol. The van der Waals surface area contributed by atoms with E-state index in [-0.39, 0.29) is 11.3 Å². The van der Waals surface area contributed by atoms with Crippen LogP contribution in [-0.2, 0) is 4.79 Å². The third-order valence-corrected chi connectivity index (χ3v) is 2.04. The highest BCUT2D eigenvalue weighted by molar-refractivity contribution is 6.23. The van der Waals surface area contributed by atoms with Crippen molar-refractivity contribution < 1.29 is 4.79 Å². The van der Waals surface area contributed by atoms with Gasteiger partial charge >= 0.3 is 0 Å². The van der Waals surface area contributed by atoms with Crippen LogP contribution < -0.4 is 5.32 Å². The van der Waals surface area contributed by atoms with Crippen LogP contribution in [0.4, 0.5) is 0 Å². The first-order valence-electron chi connectivity index (χ1n) is 4.48. The summed E-state index contributed by atoms with van der Waals surface area (Å²) in [6, 6.07) is -0.527. The molecule has 74 valence electrons. The Morgan fingerprint density at radius 2 is 2.07 bits per heavy atom. The fourth-order valence-electron chi connectivity index (χ4n) is 1.24. The van der Waals surface area contributed by atoms with Gasteiger partial charge in [-0.05, 0) is 0 Å². The number of rotatable bonds is 0. The smallest absolute Gasteiger partial charge is 0.280 e. The lowest BCUT2D eigenvalue weighted by atomic mass is 9.94. The molecule has 2 aliphatic rings. The van der Waals surface area contributed by atoms with Gasteiger partial charge in [-0.1, -0.05) is 20.8 Å². The molecule has 0 aromatic carbocycles. The van der Waals surface area contributed by atoms with E-state index in [2.05, 4.69) is 20.3 Å². The summed E-state index contributed by atoms with van der Waals surface area (Å²) in [6.07, 6.45) is 1.49. The summed E-state index contributed by atoms with van der Waals surface area (Å²) >= 11 is 0. The van der Waals surface area contributed by atoms with E-state index >= 15 is 0 Å². The van der Waals surface area contributed by atoms with E-state index < -0.39 is 6.04 Å². The van der Waals surface area contributed by atoms with Gasteiger partial charge < -0.3 is 5.32 Å². The van der Waals surface area contributed by atoms with E-state index in [9.17, 15) is 4.79 Å². The Morgan fingerprint density at radius 1 is 1.36 bits per heavy atom. The van der Waals surface area contributed by atoms with Crippen LogP contribution in [0.1, 0.15) is 20.8 Å². The van der Waals surface area contributed by atoms with Gasteiger partial charge in [-0.25, -0.2) is 4.99 Å². The van der Waals surface area contributed by atoms with Crippen LogP contribution in [0.2, 0.25) is 0 Å². The first kappa shape index (κ1) is 9.05. The minimum absolute atomic E-state index is 0.210. The highest BCUT2D eigenvalue weighted by Gasteiger charge is 2.33. The summed E-state index contributed by atoms with van der Waals surface area (Å²) in [7, 11) is 0. The first-order chi connectivity index (χ1) is 6.48. The standard InChI is InChI=1S/C9H12N4O/c1-9(2,3)8-12-6-5(7(14)13-8)10-4-11-6/h4-5H,1-3H3,(H,10,11,12,13,14). The molecule has 1 amide bonds. The Kier molecular flexibility index (Phi) is 1.77. The van der Waals surface area contributed by atoms with Gasteiger partial charge in [0.1, 0.15) is 11.7 Å². The normalized spacial score (nSPS) is 25.4. The summed E-state index contributed by atoms with van der Waals surface area (Å²) in [4.78, 5) is 23.7. The molecule has 2 aliphatic heterocycles. The number of carbonyl (C=O) groups is 1. The lowest BCUT2D eigenvalue weighted by molar-refractivity contribution is -0.117. The second-order valence-electron chi connectivity index (χ2n) is 4.35. The predicted molar refractivity (Wildman–Crippen MR) is 54.7 cm³/mol. The average Bonchev–Trinajstić information content (AvgIpc) is 2.50. The number of nitrogens with zero attached hydrogens (tertiary/aromatic N) is 3. The first-order valence-corrected chi connectivity index (χ1v) is 4.48. The highest BCUT2D eigenvalue weighted by Crippen LogP contribution is 2.21. The SMILES string of the molecule is CC(C)(C)C1=NC(=O)C2N=CNC2=N1. The Labute approximate surface area is 82.0 Å².